The van der Waals surface area contributed by atoms with Crippen molar-refractivity contribution >= 4 is 5.91 Å². The van der Waals surface area contributed by atoms with Gasteiger partial charge in [0.2, 0.25) is 0 Å². The van der Waals surface area contributed by atoms with E-state index in [4.69, 9.17) is 4.74 Å². The van der Waals surface area contributed by atoms with E-state index in [0.29, 0.717) is 26.1 Å². The minimum atomic E-state index is -0.624. The molecule has 0 aromatic heterocycles. The molecule has 2 aliphatic rings. The molecule has 0 spiro atoms. The van der Waals surface area contributed by atoms with Gasteiger partial charge < -0.3 is 20.1 Å². The van der Waals surface area contributed by atoms with Gasteiger partial charge in [0.05, 0.1) is 12.2 Å². The number of carbonyl (C=O) groups excluding carboxylic acids is 1. The van der Waals surface area contributed by atoms with Crippen LogP contribution in [0.1, 0.15) is 26.2 Å². The smallest absolute Gasteiger partial charge is 0.253 e. The van der Waals surface area contributed by atoms with Crippen LogP contribution in [0.2, 0.25) is 0 Å². The van der Waals surface area contributed by atoms with E-state index in [0.717, 1.165) is 25.9 Å². The standard InChI is InChI=1S/C12H22N2O3/c1-12(16)3-2-6-14(7-4-12)11(15)10-9-13-5-8-17-10/h10,13,16H,2-9H2,1H3. The maximum absolute atomic E-state index is 12.2. The predicted octanol–water partition coefficient (Wildman–Crippen LogP) is -0.262. The summed E-state index contributed by atoms with van der Waals surface area (Å²) in [5.41, 5.74) is -0.624. The highest BCUT2D eigenvalue weighted by Gasteiger charge is 2.31. The highest BCUT2D eigenvalue weighted by Crippen LogP contribution is 2.22. The Labute approximate surface area is 102 Å². The van der Waals surface area contributed by atoms with Gasteiger partial charge in [0, 0.05) is 26.2 Å². The highest BCUT2D eigenvalue weighted by molar-refractivity contribution is 5.81. The minimum absolute atomic E-state index is 0.0647. The molecule has 1 amide bonds. The van der Waals surface area contributed by atoms with Gasteiger partial charge in [-0.1, -0.05) is 0 Å². The summed E-state index contributed by atoms with van der Waals surface area (Å²) in [6, 6.07) is 0. The zero-order chi connectivity index (χ0) is 12.3. The maximum Gasteiger partial charge on any atom is 0.253 e. The topological polar surface area (TPSA) is 61.8 Å². The fourth-order valence-electron chi connectivity index (χ4n) is 2.41. The van der Waals surface area contributed by atoms with Crippen LogP contribution in [0.5, 0.6) is 0 Å². The van der Waals surface area contributed by atoms with Crippen LogP contribution in [0.15, 0.2) is 0 Å². The van der Waals surface area contributed by atoms with Gasteiger partial charge >= 0.3 is 0 Å². The van der Waals surface area contributed by atoms with Crippen LogP contribution in [0, 0.1) is 0 Å². The van der Waals surface area contributed by atoms with Crippen molar-refractivity contribution < 1.29 is 14.6 Å². The van der Waals surface area contributed by atoms with Crippen molar-refractivity contribution in [3.8, 4) is 0 Å². The number of hydrogen-bond donors (Lipinski definition) is 2. The number of hydrogen-bond acceptors (Lipinski definition) is 4. The molecule has 2 rings (SSSR count). The summed E-state index contributed by atoms with van der Waals surface area (Å²) in [6.07, 6.45) is 1.94. The van der Waals surface area contributed by atoms with Gasteiger partial charge in [0.25, 0.3) is 5.91 Å². The molecule has 2 fully saturated rings. The summed E-state index contributed by atoms with van der Waals surface area (Å²) in [6.45, 7) is 5.23. The Morgan fingerprint density at radius 1 is 1.47 bits per heavy atom. The molecule has 0 aromatic rings. The van der Waals surface area contributed by atoms with E-state index in [1.54, 1.807) is 0 Å². The van der Waals surface area contributed by atoms with E-state index >= 15 is 0 Å². The molecule has 2 unspecified atom stereocenters. The van der Waals surface area contributed by atoms with Crippen molar-refractivity contribution in [3.05, 3.63) is 0 Å². The van der Waals surface area contributed by atoms with E-state index in [-0.39, 0.29) is 12.0 Å². The molecule has 0 bridgehead atoms. The van der Waals surface area contributed by atoms with Gasteiger partial charge in [-0.05, 0) is 26.2 Å². The summed E-state index contributed by atoms with van der Waals surface area (Å²) >= 11 is 0. The van der Waals surface area contributed by atoms with E-state index in [1.165, 1.54) is 0 Å². The number of nitrogens with zero attached hydrogens (tertiary/aromatic N) is 1. The summed E-state index contributed by atoms with van der Waals surface area (Å²) in [5, 5.41) is 13.1. The number of nitrogens with one attached hydrogen (secondary N) is 1. The zero-order valence-corrected chi connectivity index (χ0v) is 10.4. The number of aliphatic hydroxyl groups is 1. The van der Waals surface area contributed by atoms with E-state index in [9.17, 15) is 9.90 Å². The first kappa shape index (κ1) is 12.8. The van der Waals surface area contributed by atoms with Gasteiger partial charge in [-0.15, -0.1) is 0 Å². The minimum Gasteiger partial charge on any atom is -0.390 e. The predicted molar refractivity (Wildman–Crippen MR) is 63.7 cm³/mol. The molecule has 98 valence electrons. The third kappa shape index (κ3) is 3.40. The SMILES string of the molecule is CC1(O)CCCN(C(=O)C2CNCCO2)CC1. The van der Waals surface area contributed by atoms with Gasteiger partial charge in [0.1, 0.15) is 6.10 Å². The Kier molecular flexibility index (Phi) is 4.01. The molecule has 2 saturated heterocycles. The average molecular weight is 242 g/mol. The zero-order valence-electron chi connectivity index (χ0n) is 10.4. The lowest BCUT2D eigenvalue weighted by Crippen LogP contribution is -2.49. The molecular weight excluding hydrogens is 220 g/mol. The van der Waals surface area contributed by atoms with E-state index < -0.39 is 5.60 Å². The lowest BCUT2D eigenvalue weighted by atomic mass is 9.98. The number of rotatable bonds is 1. The number of morpholine rings is 1. The first-order valence-corrected chi connectivity index (χ1v) is 6.42. The Morgan fingerprint density at radius 2 is 2.29 bits per heavy atom. The molecule has 5 nitrogen and oxygen atoms in total. The van der Waals surface area contributed by atoms with Gasteiger partial charge in [-0.25, -0.2) is 0 Å². The van der Waals surface area contributed by atoms with Crippen LogP contribution in [0.3, 0.4) is 0 Å². The van der Waals surface area contributed by atoms with Crippen LogP contribution in [-0.4, -0.2) is 60.4 Å². The summed E-state index contributed by atoms with van der Waals surface area (Å²) in [7, 11) is 0. The van der Waals surface area contributed by atoms with Crippen molar-refractivity contribution in [3.63, 3.8) is 0 Å². The second kappa shape index (κ2) is 5.33. The largest absolute Gasteiger partial charge is 0.390 e. The second-order valence-electron chi connectivity index (χ2n) is 5.24. The van der Waals surface area contributed by atoms with Crippen LogP contribution in [0.25, 0.3) is 0 Å². The molecule has 2 aliphatic heterocycles. The molecule has 17 heavy (non-hydrogen) atoms. The summed E-state index contributed by atoms with van der Waals surface area (Å²) in [4.78, 5) is 14.0. The van der Waals surface area contributed by atoms with Crippen LogP contribution < -0.4 is 5.32 Å². The Morgan fingerprint density at radius 3 is 3.00 bits per heavy atom. The van der Waals surface area contributed by atoms with Gasteiger partial charge in [-0.2, -0.15) is 0 Å². The van der Waals surface area contributed by atoms with Crippen molar-refractivity contribution in [2.75, 3.05) is 32.8 Å². The fraction of sp³-hybridized carbons (Fsp3) is 0.917. The Hall–Kier alpha value is -0.650. The van der Waals surface area contributed by atoms with Crippen molar-refractivity contribution in [2.24, 2.45) is 0 Å². The molecule has 0 saturated carbocycles. The molecule has 0 aliphatic carbocycles. The molecule has 5 heteroatoms. The average Bonchev–Trinajstić information content (AvgIpc) is 2.50. The van der Waals surface area contributed by atoms with Crippen LogP contribution >= 0.6 is 0 Å². The third-order valence-corrected chi connectivity index (χ3v) is 3.58. The molecule has 0 aromatic carbocycles. The summed E-state index contributed by atoms with van der Waals surface area (Å²) in [5.74, 6) is 0.0647. The molecule has 0 radical (unpaired) electrons. The Balaban J connectivity index is 1.90. The number of amides is 1. The lowest BCUT2D eigenvalue weighted by Gasteiger charge is -2.29. The van der Waals surface area contributed by atoms with E-state index in [1.807, 2.05) is 11.8 Å². The number of likely N-dealkylation sites (tertiary alicyclic amines) is 1. The normalized spacial score (nSPS) is 35.4. The monoisotopic (exact) mass is 242 g/mol. The maximum atomic E-state index is 12.2. The quantitative estimate of drug-likeness (QED) is 0.665. The first-order valence-electron chi connectivity index (χ1n) is 6.42. The van der Waals surface area contributed by atoms with Crippen molar-refractivity contribution in [1.82, 2.24) is 10.2 Å². The third-order valence-electron chi connectivity index (χ3n) is 3.58. The first-order chi connectivity index (χ1) is 8.08. The highest BCUT2D eigenvalue weighted by atomic mass is 16.5. The van der Waals surface area contributed by atoms with E-state index in [2.05, 4.69) is 5.32 Å². The number of carbonyl (C=O) groups is 1. The lowest BCUT2D eigenvalue weighted by molar-refractivity contribution is -0.145. The summed E-state index contributed by atoms with van der Waals surface area (Å²) < 4.78 is 5.47. The molecule has 2 atom stereocenters. The van der Waals surface area contributed by atoms with Crippen molar-refractivity contribution in [1.29, 1.82) is 0 Å². The number of ether oxygens (including phenoxy) is 1. The molecule has 2 heterocycles. The van der Waals surface area contributed by atoms with Crippen LogP contribution in [0.4, 0.5) is 0 Å². The van der Waals surface area contributed by atoms with Crippen molar-refractivity contribution in [2.45, 2.75) is 37.9 Å². The Bertz CT molecular complexity index is 275. The molecular formula is C12H22N2O3. The van der Waals surface area contributed by atoms with Gasteiger partial charge in [-0.3, -0.25) is 4.79 Å². The van der Waals surface area contributed by atoms with Crippen LogP contribution in [-0.2, 0) is 9.53 Å². The fourth-order valence-corrected chi connectivity index (χ4v) is 2.41. The molecule has 2 N–H and O–H groups in total. The van der Waals surface area contributed by atoms with Gasteiger partial charge in [0.15, 0.2) is 0 Å². The second-order valence-corrected chi connectivity index (χ2v) is 5.24.